The van der Waals surface area contributed by atoms with Gasteiger partial charge in [-0.2, -0.15) is 10.5 Å². The maximum Gasteiger partial charge on any atom is 0.271 e. The van der Waals surface area contributed by atoms with E-state index in [9.17, 15) is 25.4 Å². The summed E-state index contributed by atoms with van der Waals surface area (Å²) in [6.07, 6.45) is 1.41. The number of hydrogen-bond donors (Lipinski definition) is 1. The average Bonchev–Trinajstić information content (AvgIpc) is 2.77. The highest BCUT2D eigenvalue weighted by atomic mass is 127. The van der Waals surface area contributed by atoms with Gasteiger partial charge in [0, 0.05) is 21.4 Å². The molecule has 0 aliphatic rings. The predicted octanol–water partition coefficient (Wildman–Crippen LogP) is 5.41. The van der Waals surface area contributed by atoms with E-state index >= 15 is 0 Å². The van der Waals surface area contributed by atoms with E-state index in [2.05, 4.69) is 27.9 Å². The van der Waals surface area contributed by atoms with E-state index in [1.165, 1.54) is 18.2 Å². The minimum Gasteiger partial charge on any atom is -0.456 e. The summed E-state index contributed by atoms with van der Waals surface area (Å²) in [5, 5.41) is 32.3. The molecule has 0 saturated heterocycles. The Hall–Kier alpha value is -4.22. The summed E-state index contributed by atoms with van der Waals surface area (Å²) in [6, 6.07) is 21.2. The Morgan fingerprint density at radius 3 is 2.56 bits per heavy atom. The number of nitro groups is 1. The fraction of sp³-hybridized carbons (Fsp3) is 0. The Balaban J connectivity index is 1.83. The molecule has 32 heavy (non-hydrogen) atoms. The second-order valence-corrected chi connectivity index (χ2v) is 7.60. The fourth-order valence-corrected chi connectivity index (χ4v) is 3.23. The second kappa shape index (κ2) is 10.2. The van der Waals surface area contributed by atoms with Gasteiger partial charge in [0.05, 0.1) is 4.92 Å². The van der Waals surface area contributed by atoms with Crippen LogP contribution in [0, 0.1) is 36.3 Å². The van der Waals surface area contributed by atoms with Gasteiger partial charge in [0.2, 0.25) is 0 Å². The lowest BCUT2D eigenvalue weighted by atomic mass is 10.1. The summed E-state index contributed by atoms with van der Waals surface area (Å²) in [5.74, 6) is -0.0708. The number of non-ortho nitro benzene ring substituents is 1. The number of carbonyl (C=O) groups is 1. The molecule has 0 atom stereocenters. The van der Waals surface area contributed by atoms with E-state index in [4.69, 9.17) is 4.74 Å². The fourth-order valence-electron chi connectivity index (χ4n) is 2.68. The van der Waals surface area contributed by atoms with Crippen LogP contribution >= 0.6 is 22.6 Å². The maximum atomic E-state index is 12.5. The van der Waals surface area contributed by atoms with Crippen molar-refractivity contribution in [1.82, 2.24) is 0 Å². The van der Waals surface area contributed by atoms with Crippen LogP contribution in [0.3, 0.4) is 0 Å². The third-order valence-corrected chi connectivity index (χ3v) is 4.81. The molecule has 3 aromatic rings. The first-order valence-electron chi connectivity index (χ1n) is 9.05. The SMILES string of the molecule is N#C/C(=C\c1cccc(Oc2ccc([N+](=O)[O-])cc2C#N)c1)C(=O)Nc1cccc(I)c1. The van der Waals surface area contributed by atoms with E-state index in [-0.39, 0.29) is 22.6 Å². The van der Waals surface area contributed by atoms with Gasteiger partial charge in [-0.15, -0.1) is 0 Å². The molecular formula is C23H13IN4O4. The number of anilines is 1. The Bertz CT molecular complexity index is 1320. The number of amides is 1. The van der Waals surface area contributed by atoms with Gasteiger partial charge in [-0.1, -0.05) is 18.2 Å². The zero-order valence-corrected chi connectivity index (χ0v) is 18.4. The number of hydrogen-bond acceptors (Lipinski definition) is 6. The zero-order chi connectivity index (χ0) is 23.1. The smallest absolute Gasteiger partial charge is 0.271 e. The van der Waals surface area contributed by atoms with E-state index in [1.807, 2.05) is 18.2 Å². The van der Waals surface area contributed by atoms with Crippen LogP contribution in [0.2, 0.25) is 0 Å². The van der Waals surface area contributed by atoms with Crippen LogP contribution in [0.5, 0.6) is 11.5 Å². The Morgan fingerprint density at radius 2 is 1.88 bits per heavy atom. The highest BCUT2D eigenvalue weighted by Crippen LogP contribution is 2.29. The summed E-state index contributed by atoms with van der Waals surface area (Å²) in [6.45, 7) is 0. The Morgan fingerprint density at radius 1 is 1.09 bits per heavy atom. The van der Waals surface area contributed by atoms with E-state index in [1.54, 1.807) is 42.5 Å². The number of benzene rings is 3. The van der Waals surface area contributed by atoms with Gasteiger partial charge in [-0.05, 0) is 70.6 Å². The van der Waals surface area contributed by atoms with Crippen molar-refractivity contribution < 1.29 is 14.5 Å². The van der Waals surface area contributed by atoms with Crippen LogP contribution in [0.4, 0.5) is 11.4 Å². The number of halogens is 1. The first-order valence-corrected chi connectivity index (χ1v) is 10.1. The first kappa shape index (κ1) is 22.5. The van der Waals surface area contributed by atoms with Gasteiger partial charge in [0.15, 0.2) is 0 Å². The molecule has 0 bridgehead atoms. The molecule has 1 N–H and O–H groups in total. The molecule has 0 unspecified atom stereocenters. The highest BCUT2D eigenvalue weighted by molar-refractivity contribution is 14.1. The van der Waals surface area contributed by atoms with Gasteiger partial charge in [-0.3, -0.25) is 14.9 Å². The number of nitriles is 2. The Kier molecular flexibility index (Phi) is 7.16. The number of nitrogens with zero attached hydrogens (tertiary/aromatic N) is 3. The quantitative estimate of drug-likeness (QED) is 0.148. The highest BCUT2D eigenvalue weighted by Gasteiger charge is 2.13. The molecule has 0 radical (unpaired) electrons. The molecule has 3 rings (SSSR count). The minimum absolute atomic E-state index is 0.00901. The summed E-state index contributed by atoms with van der Waals surface area (Å²) < 4.78 is 6.64. The standard InChI is InChI=1S/C23H13IN4O4/c24-18-4-2-5-19(12-18)27-23(29)17(14-26)9-15-3-1-6-21(10-15)32-22-8-7-20(28(30)31)11-16(22)13-25/h1-12H,(H,27,29)/b17-9+. The lowest BCUT2D eigenvalue weighted by Gasteiger charge is -2.08. The lowest BCUT2D eigenvalue weighted by molar-refractivity contribution is -0.384. The number of nitrogens with one attached hydrogen (secondary N) is 1. The number of carbonyl (C=O) groups excluding carboxylic acids is 1. The van der Waals surface area contributed by atoms with Crippen LogP contribution in [0.15, 0.2) is 72.3 Å². The van der Waals surface area contributed by atoms with Gasteiger partial charge in [0.1, 0.15) is 34.8 Å². The molecule has 9 heteroatoms. The monoisotopic (exact) mass is 536 g/mol. The van der Waals surface area contributed by atoms with Gasteiger partial charge in [0.25, 0.3) is 11.6 Å². The number of rotatable bonds is 6. The molecular weight excluding hydrogens is 523 g/mol. The van der Waals surface area contributed by atoms with Crippen LogP contribution in [-0.4, -0.2) is 10.8 Å². The minimum atomic E-state index is -0.596. The summed E-state index contributed by atoms with van der Waals surface area (Å²) in [5.41, 5.74) is 0.784. The molecule has 0 fully saturated rings. The van der Waals surface area contributed by atoms with Crippen LogP contribution in [-0.2, 0) is 4.79 Å². The van der Waals surface area contributed by atoms with E-state index in [0.29, 0.717) is 17.0 Å². The first-order chi connectivity index (χ1) is 15.4. The third-order valence-electron chi connectivity index (χ3n) is 4.14. The molecule has 1 amide bonds. The van der Waals surface area contributed by atoms with E-state index < -0.39 is 10.8 Å². The predicted molar refractivity (Wildman–Crippen MR) is 126 cm³/mol. The molecule has 8 nitrogen and oxygen atoms in total. The van der Waals surface area contributed by atoms with Crippen molar-refractivity contribution in [2.45, 2.75) is 0 Å². The number of nitro benzene ring substituents is 1. The van der Waals surface area contributed by atoms with Crippen molar-refractivity contribution in [3.05, 3.63) is 97.1 Å². The van der Waals surface area contributed by atoms with Crippen LogP contribution < -0.4 is 10.1 Å². The van der Waals surface area contributed by atoms with E-state index in [0.717, 1.165) is 9.64 Å². The lowest BCUT2D eigenvalue weighted by Crippen LogP contribution is -2.13. The van der Waals surface area contributed by atoms with Crippen LogP contribution in [0.25, 0.3) is 6.08 Å². The molecule has 0 heterocycles. The van der Waals surface area contributed by atoms with Crippen molar-refractivity contribution >= 4 is 45.9 Å². The number of ether oxygens (including phenoxy) is 1. The maximum absolute atomic E-state index is 12.5. The zero-order valence-electron chi connectivity index (χ0n) is 16.3. The van der Waals surface area contributed by atoms with Crippen LogP contribution in [0.1, 0.15) is 11.1 Å². The molecule has 0 aromatic heterocycles. The normalized spacial score (nSPS) is 10.5. The summed E-state index contributed by atoms with van der Waals surface area (Å²) >= 11 is 2.12. The molecule has 156 valence electrons. The molecule has 0 saturated carbocycles. The summed E-state index contributed by atoms with van der Waals surface area (Å²) in [7, 11) is 0. The topological polar surface area (TPSA) is 129 Å². The van der Waals surface area contributed by atoms with Gasteiger partial charge >= 0.3 is 0 Å². The molecule has 0 aliphatic heterocycles. The molecule has 0 aliphatic carbocycles. The largest absolute Gasteiger partial charge is 0.456 e. The van der Waals surface area contributed by atoms with Crippen molar-refractivity contribution in [3.8, 4) is 23.6 Å². The van der Waals surface area contributed by atoms with Crippen molar-refractivity contribution in [3.63, 3.8) is 0 Å². The molecule has 3 aromatic carbocycles. The second-order valence-electron chi connectivity index (χ2n) is 6.36. The van der Waals surface area contributed by atoms with Gasteiger partial charge in [-0.25, -0.2) is 0 Å². The average molecular weight is 536 g/mol. The van der Waals surface area contributed by atoms with Crippen molar-refractivity contribution in [2.24, 2.45) is 0 Å². The van der Waals surface area contributed by atoms with Crippen molar-refractivity contribution in [2.75, 3.05) is 5.32 Å². The molecule has 0 spiro atoms. The summed E-state index contributed by atoms with van der Waals surface area (Å²) in [4.78, 5) is 22.8. The third kappa shape index (κ3) is 5.68. The van der Waals surface area contributed by atoms with Crippen molar-refractivity contribution in [1.29, 1.82) is 10.5 Å². The van der Waals surface area contributed by atoms with Gasteiger partial charge < -0.3 is 10.1 Å². The Labute approximate surface area is 196 Å².